The molecule has 0 aliphatic carbocycles. The predicted molar refractivity (Wildman–Crippen MR) is 67.8 cm³/mol. The van der Waals surface area contributed by atoms with E-state index in [0.717, 1.165) is 12.1 Å². The van der Waals surface area contributed by atoms with Crippen molar-refractivity contribution < 1.29 is 9.63 Å². The molecule has 5 heteroatoms. The summed E-state index contributed by atoms with van der Waals surface area (Å²) in [6.45, 7) is 4.18. The smallest absolute Gasteiger partial charge is 0.241 e. The lowest BCUT2D eigenvalue weighted by atomic mass is 10.2. The Bertz CT molecular complexity index is 470. The van der Waals surface area contributed by atoms with E-state index in [1.165, 1.54) is 0 Å². The highest BCUT2D eigenvalue weighted by atomic mass is 16.5. The Balaban J connectivity index is 2.06. The lowest BCUT2D eigenvalue weighted by Crippen LogP contribution is -2.26. The Hall–Kier alpha value is -1.72. The van der Waals surface area contributed by atoms with Crippen LogP contribution in [-0.4, -0.2) is 39.8 Å². The highest BCUT2D eigenvalue weighted by Crippen LogP contribution is 2.15. The van der Waals surface area contributed by atoms with Crippen molar-refractivity contribution in [3.63, 3.8) is 0 Å². The van der Waals surface area contributed by atoms with E-state index < -0.39 is 0 Å². The summed E-state index contributed by atoms with van der Waals surface area (Å²) in [5.41, 5.74) is 0.942. The van der Waals surface area contributed by atoms with Crippen molar-refractivity contribution in [2.75, 3.05) is 19.7 Å². The number of hydrogen-bond donors (Lipinski definition) is 1. The second-order valence-electron chi connectivity index (χ2n) is 3.97. The largest absolute Gasteiger partial charge is 0.395 e. The quantitative estimate of drug-likeness (QED) is 0.839. The Morgan fingerprint density at radius 3 is 2.72 bits per heavy atom. The van der Waals surface area contributed by atoms with Crippen molar-refractivity contribution in [2.24, 2.45) is 0 Å². The van der Waals surface area contributed by atoms with Gasteiger partial charge in [0.05, 0.1) is 13.2 Å². The van der Waals surface area contributed by atoms with Crippen LogP contribution in [0.15, 0.2) is 34.9 Å². The molecule has 0 saturated heterocycles. The van der Waals surface area contributed by atoms with E-state index in [1.807, 2.05) is 42.2 Å². The molecular formula is C13H17N3O2. The maximum atomic E-state index is 8.92. The molecule has 0 aliphatic rings. The molecule has 5 nitrogen and oxygen atoms in total. The molecule has 1 heterocycles. The van der Waals surface area contributed by atoms with Gasteiger partial charge in [-0.15, -0.1) is 0 Å². The van der Waals surface area contributed by atoms with Crippen LogP contribution < -0.4 is 0 Å². The lowest BCUT2D eigenvalue weighted by Gasteiger charge is -2.15. The van der Waals surface area contributed by atoms with Crippen LogP contribution in [-0.2, 0) is 6.54 Å². The third-order valence-electron chi connectivity index (χ3n) is 2.72. The molecular weight excluding hydrogens is 230 g/mol. The molecule has 2 rings (SSSR count). The maximum absolute atomic E-state index is 8.92. The van der Waals surface area contributed by atoms with Gasteiger partial charge in [0.1, 0.15) is 0 Å². The van der Waals surface area contributed by atoms with Gasteiger partial charge in [0.2, 0.25) is 11.7 Å². The van der Waals surface area contributed by atoms with Gasteiger partial charge in [-0.1, -0.05) is 42.4 Å². The zero-order chi connectivity index (χ0) is 12.8. The fourth-order valence-electron chi connectivity index (χ4n) is 1.71. The Morgan fingerprint density at radius 2 is 2.06 bits per heavy atom. The summed E-state index contributed by atoms with van der Waals surface area (Å²) in [5, 5.41) is 12.9. The number of aromatic nitrogens is 2. The van der Waals surface area contributed by atoms with Crippen LogP contribution in [0.1, 0.15) is 12.8 Å². The third kappa shape index (κ3) is 3.15. The Kier molecular flexibility index (Phi) is 4.44. The molecule has 0 radical (unpaired) electrons. The van der Waals surface area contributed by atoms with Crippen molar-refractivity contribution >= 4 is 0 Å². The Labute approximate surface area is 106 Å². The number of rotatable bonds is 6. The highest BCUT2D eigenvalue weighted by molar-refractivity contribution is 5.53. The topological polar surface area (TPSA) is 62.4 Å². The molecule has 0 saturated carbocycles. The molecule has 1 aromatic heterocycles. The zero-order valence-electron chi connectivity index (χ0n) is 10.4. The van der Waals surface area contributed by atoms with Gasteiger partial charge in [0.25, 0.3) is 0 Å². The molecule has 2 aromatic rings. The van der Waals surface area contributed by atoms with E-state index in [2.05, 4.69) is 10.1 Å². The minimum atomic E-state index is 0.132. The van der Waals surface area contributed by atoms with Gasteiger partial charge in [-0.25, -0.2) is 0 Å². The van der Waals surface area contributed by atoms with Gasteiger partial charge >= 0.3 is 0 Å². The average Bonchev–Trinajstić information content (AvgIpc) is 2.88. The Morgan fingerprint density at radius 1 is 1.28 bits per heavy atom. The first kappa shape index (κ1) is 12.7. The van der Waals surface area contributed by atoms with Crippen LogP contribution in [0.25, 0.3) is 11.4 Å². The first-order chi connectivity index (χ1) is 8.83. The number of aliphatic hydroxyl groups is 1. The predicted octanol–water partition coefficient (Wildman–Crippen LogP) is 1.55. The molecule has 0 unspecified atom stereocenters. The number of benzene rings is 1. The summed E-state index contributed by atoms with van der Waals surface area (Å²) in [6.07, 6.45) is 0. The van der Waals surface area contributed by atoms with Crippen molar-refractivity contribution in [2.45, 2.75) is 13.5 Å². The lowest BCUT2D eigenvalue weighted by molar-refractivity contribution is 0.180. The first-order valence-electron chi connectivity index (χ1n) is 6.04. The maximum Gasteiger partial charge on any atom is 0.241 e. The van der Waals surface area contributed by atoms with Crippen LogP contribution in [0.2, 0.25) is 0 Å². The van der Waals surface area contributed by atoms with Gasteiger partial charge in [0, 0.05) is 12.1 Å². The zero-order valence-corrected chi connectivity index (χ0v) is 10.4. The summed E-state index contributed by atoms with van der Waals surface area (Å²) in [6, 6.07) is 9.72. The van der Waals surface area contributed by atoms with Crippen molar-refractivity contribution in [3.05, 3.63) is 36.2 Å². The van der Waals surface area contributed by atoms with E-state index in [1.54, 1.807) is 0 Å². The molecule has 0 atom stereocenters. The number of aliphatic hydroxyl groups excluding tert-OH is 1. The SMILES string of the molecule is CCN(CCO)Cc1nc(-c2ccccc2)no1. The fraction of sp³-hybridized carbons (Fsp3) is 0.385. The fourth-order valence-corrected chi connectivity index (χ4v) is 1.71. The molecule has 1 N–H and O–H groups in total. The monoisotopic (exact) mass is 247 g/mol. The van der Waals surface area contributed by atoms with E-state index in [-0.39, 0.29) is 6.61 Å². The minimum absolute atomic E-state index is 0.132. The summed E-state index contributed by atoms with van der Waals surface area (Å²) < 4.78 is 5.21. The van der Waals surface area contributed by atoms with E-state index in [0.29, 0.717) is 24.8 Å². The number of likely N-dealkylation sites (N-methyl/N-ethyl adjacent to an activating group) is 1. The molecule has 96 valence electrons. The summed E-state index contributed by atoms with van der Waals surface area (Å²) >= 11 is 0. The average molecular weight is 247 g/mol. The molecule has 0 spiro atoms. The molecule has 0 amide bonds. The normalized spacial score (nSPS) is 11.1. The van der Waals surface area contributed by atoms with Crippen molar-refractivity contribution in [1.82, 2.24) is 15.0 Å². The van der Waals surface area contributed by atoms with E-state index >= 15 is 0 Å². The standard InChI is InChI=1S/C13H17N3O2/c1-2-16(8-9-17)10-12-14-13(15-18-12)11-6-4-3-5-7-11/h3-7,17H,2,8-10H2,1H3. The van der Waals surface area contributed by atoms with E-state index in [9.17, 15) is 0 Å². The first-order valence-corrected chi connectivity index (χ1v) is 6.04. The van der Waals surface area contributed by atoms with Crippen LogP contribution in [0.5, 0.6) is 0 Å². The molecule has 0 fully saturated rings. The van der Waals surface area contributed by atoms with Gasteiger partial charge in [0.15, 0.2) is 0 Å². The van der Waals surface area contributed by atoms with Crippen LogP contribution in [0.4, 0.5) is 0 Å². The summed E-state index contributed by atoms with van der Waals surface area (Å²) in [5.74, 6) is 1.18. The van der Waals surface area contributed by atoms with Gasteiger partial charge in [-0.2, -0.15) is 4.98 Å². The highest BCUT2D eigenvalue weighted by Gasteiger charge is 2.11. The van der Waals surface area contributed by atoms with Crippen LogP contribution in [0, 0.1) is 0 Å². The second-order valence-corrected chi connectivity index (χ2v) is 3.97. The van der Waals surface area contributed by atoms with Gasteiger partial charge in [-0.05, 0) is 6.54 Å². The molecule has 0 bridgehead atoms. The van der Waals surface area contributed by atoms with Gasteiger partial charge in [-0.3, -0.25) is 4.90 Å². The molecule has 18 heavy (non-hydrogen) atoms. The third-order valence-corrected chi connectivity index (χ3v) is 2.72. The molecule has 0 aliphatic heterocycles. The number of hydrogen-bond acceptors (Lipinski definition) is 5. The van der Waals surface area contributed by atoms with E-state index in [4.69, 9.17) is 9.63 Å². The van der Waals surface area contributed by atoms with Crippen LogP contribution in [0.3, 0.4) is 0 Å². The molecule has 1 aromatic carbocycles. The van der Waals surface area contributed by atoms with Crippen molar-refractivity contribution in [1.29, 1.82) is 0 Å². The summed E-state index contributed by atoms with van der Waals surface area (Å²) in [4.78, 5) is 6.39. The second kappa shape index (κ2) is 6.28. The summed E-state index contributed by atoms with van der Waals surface area (Å²) in [7, 11) is 0. The van der Waals surface area contributed by atoms with Crippen LogP contribution >= 0.6 is 0 Å². The van der Waals surface area contributed by atoms with Crippen molar-refractivity contribution in [3.8, 4) is 11.4 Å². The minimum Gasteiger partial charge on any atom is -0.395 e. The number of nitrogens with zero attached hydrogens (tertiary/aromatic N) is 3. The van der Waals surface area contributed by atoms with Gasteiger partial charge < -0.3 is 9.63 Å².